The average Bonchev–Trinajstić information content (AvgIpc) is 2.29. The molecule has 2 heterocycles. The minimum Gasteiger partial charge on any atom is -0.372 e. The van der Waals surface area contributed by atoms with E-state index < -0.39 is 0 Å². The van der Waals surface area contributed by atoms with E-state index in [1.54, 1.807) is 6.20 Å². The van der Waals surface area contributed by atoms with Gasteiger partial charge in [0.15, 0.2) is 0 Å². The van der Waals surface area contributed by atoms with E-state index in [0.29, 0.717) is 12.7 Å². The zero-order chi connectivity index (χ0) is 9.64. The lowest BCUT2D eigenvalue weighted by Gasteiger charge is -2.22. The smallest absolute Gasteiger partial charge is 0.0736 e. The Hall–Kier alpha value is -0.640. The van der Waals surface area contributed by atoms with Crippen LogP contribution in [0.3, 0.4) is 0 Å². The molecule has 0 bridgehead atoms. The van der Waals surface area contributed by atoms with E-state index in [2.05, 4.69) is 10.3 Å². The lowest BCUT2D eigenvalue weighted by atomic mass is 10.1. The van der Waals surface area contributed by atoms with E-state index in [0.717, 1.165) is 18.7 Å². The van der Waals surface area contributed by atoms with Crippen LogP contribution in [0, 0.1) is 0 Å². The Morgan fingerprint density at radius 3 is 3.13 bits per heavy atom. The molecule has 1 aliphatic heterocycles. The fourth-order valence-electron chi connectivity index (χ4n) is 1.66. The molecule has 84 valence electrons. The second kappa shape index (κ2) is 6.77. The van der Waals surface area contributed by atoms with Crippen LogP contribution in [0.5, 0.6) is 0 Å². The lowest BCUT2D eigenvalue weighted by molar-refractivity contribution is 0.0252. The molecule has 2 rings (SSSR count). The number of nitrogens with zero attached hydrogens (tertiary/aromatic N) is 1. The maximum absolute atomic E-state index is 5.77. The molecule has 4 heteroatoms. The van der Waals surface area contributed by atoms with Crippen molar-refractivity contribution in [1.29, 1.82) is 0 Å². The highest BCUT2D eigenvalue weighted by Gasteiger charge is 2.12. The Morgan fingerprint density at radius 2 is 2.47 bits per heavy atom. The average molecular weight is 229 g/mol. The summed E-state index contributed by atoms with van der Waals surface area (Å²) in [6.45, 7) is 2.80. The molecule has 1 saturated heterocycles. The normalized spacial score (nSPS) is 20.7. The van der Waals surface area contributed by atoms with Crippen molar-refractivity contribution in [1.82, 2.24) is 10.3 Å². The SMILES string of the molecule is Cl.c1cncc(CO[C@H]2CCCNC2)c1. The summed E-state index contributed by atoms with van der Waals surface area (Å²) in [5.41, 5.74) is 1.15. The van der Waals surface area contributed by atoms with Crippen LogP contribution in [-0.4, -0.2) is 24.2 Å². The van der Waals surface area contributed by atoms with Gasteiger partial charge in [-0.1, -0.05) is 6.07 Å². The van der Waals surface area contributed by atoms with Crippen molar-refractivity contribution in [3.8, 4) is 0 Å². The molecule has 0 spiro atoms. The minimum atomic E-state index is 0. The number of rotatable bonds is 3. The number of piperidine rings is 1. The van der Waals surface area contributed by atoms with Crippen molar-refractivity contribution in [3.63, 3.8) is 0 Å². The monoisotopic (exact) mass is 228 g/mol. The number of aromatic nitrogens is 1. The third kappa shape index (κ3) is 4.16. The van der Waals surface area contributed by atoms with Crippen LogP contribution in [0.1, 0.15) is 18.4 Å². The molecule has 1 aromatic rings. The first-order valence-corrected chi connectivity index (χ1v) is 5.16. The van der Waals surface area contributed by atoms with E-state index >= 15 is 0 Å². The largest absolute Gasteiger partial charge is 0.372 e. The third-order valence-electron chi connectivity index (χ3n) is 2.46. The van der Waals surface area contributed by atoms with Crippen LogP contribution in [0.2, 0.25) is 0 Å². The number of nitrogens with one attached hydrogen (secondary N) is 1. The number of hydrogen-bond donors (Lipinski definition) is 1. The maximum atomic E-state index is 5.77. The van der Waals surface area contributed by atoms with Crippen LogP contribution < -0.4 is 5.32 Å². The fourth-order valence-corrected chi connectivity index (χ4v) is 1.66. The predicted octanol–water partition coefficient (Wildman–Crippen LogP) is 1.77. The molecule has 3 nitrogen and oxygen atoms in total. The molecular weight excluding hydrogens is 212 g/mol. The Morgan fingerprint density at radius 1 is 1.53 bits per heavy atom. The topological polar surface area (TPSA) is 34.1 Å². The number of ether oxygens (including phenoxy) is 1. The molecule has 0 amide bonds. The first-order chi connectivity index (χ1) is 6.95. The highest BCUT2D eigenvalue weighted by Crippen LogP contribution is 2.08. The van der Waals surface area contributed by atoms with Gasteiger partial charge < -0.3 is 10.1 Å². The molecular formula is C11H17ClN2O. The van der Waals surface area contributed by atoms with E-state index in [-0.39, 0.29) is 12.4 Å². The van der Waals surface area contributed by atoms with E-state index in [1.807, 2.05) is 18.3 Å². The van der Waals surface area contributed by atoms with Crippen LogP contribution in [0.4, 0.5) is 0 Å². The van der Waals surface area contributed by atoms with E-state index in [9.17, 15) is 0 Å². The van der Waals surface area contributed by atoms with Gasteiger partial charge in [-0.15, -0.1) is 12.4 Å². The van der Waals surface area contributed by atoms with Crippen LogP contribution in [-0.2, 0) is 11.3 Å². The number of hydrogen-bond acceptors (Lipinski definition) is 3. The highest BCUT2D eigenvalue weighted by molar-refractivity contribution is 5.85. The Balaban J connectivity index is 0.00000112. The van der Waals surface area contributed by atoms with Crippen molar-refractivity contribution in [2.75, 3.05) is 13.1 Å². The molecule has 0 radical (unpaired) electrons. The quantitative estimate of drug-likeness (QED) is 0.857. The summed E-state index contributed by atoms with van der Waals surface area (Å²) in [4.78, 5) is 4.05. The summed E-state index contributed by atoms with van der Waals surface area (Å²) in [5.74, 6) is 0. The summed E-state index contributed by atoms with van der Waals surface area (Å²) in [7, 11) is 0. The lowest BCUT2D eigenvalue weighted by Crippen LogP contribution is -2.35. The molecule has 0 unspecified atom stereocenters. The van der Waals surface area contributed by atoms with Gasteiger partial charge in [-0.2, -0.15) is 0 Å². The highest BCUT2D eigenvalue weighted by atomic mass is 35.5. The second-order valence-corrected chi connectivity index (χ2v) is 3.64. The van der Waals surface area contributed by atoms with Gasteiger partial charge in [0.25, 0.3) is 0 Å². The zero-order valence-electron chi connectivity index (χ0n) is 8.69. The van der Waals surface area contributed by atoms with Crippen LogP contribution in [0.25, 0.3) is 0 Å². The first kappa shape index (κ1) is 12.4. The first-order valence-electron chi connectivity index (χ1n) is 5.16. The summed E-state index contributed by atoms with van der Waals surface area (Å²) >= 11 is 0. The van der Waals surface area contributed by atoms with Crippen LogP contribution in [0.15, 0.2) is 24.5 Å². The number of pyridine rings is 1. The van der Waals surface area contributed by atoms with Gasteiger partial charge in [0.1, 0.15) is 0 Å². The molecule has 0 saturated carbocycles. The molecule has 1 aromatic heterocycles. The van der Waals surface area contributed by atoms with Crippen molar-refractivity contribution < 1.29 is 4.74 Å². The van der Waals surface area contributed by atoms with Crippen molar-refractivity contribution >= 4 is 12.4 Å². The summed E-state index contributed by atoms with van der Waals surface area (Å²) in [6.07, 6.45) is 6.41. The fraction of sp³-hybridized carbons (Fsp3) is 0.545. The molecule has 1 N–H and O–H groups in total. The molecule has 0 aliphatic carbocycles. The predicted molar refractivity (Wildman–Crippen MR) is 62.2 cm³/mol. The Bertz CT molecular complexity index is 263. The summed E-state index contributed by atoms with van der Waals surface area (Å²) in [6, 6.07) is 3.99. The van der Waals surface area contributed by atoms with Crippen LogP contribution >= 0.6 is 12.4 Å². The minimum absolute atomic E-state index is 0. The molecule has 1 aliphatic rings. The van der Waals surface area contributed by atoms with Gasteiger partial charge in [-0.3, -0.25) is 4.98 Å². The second-order valence-electron chi connectivity index (χ2n) is 3.64. The zero-order valence-corrected chi connectivity index (χ0v) is 9.50. The Kier molecular flexibility index (Phi) is 5.61. The summed E-state index contributed by atoms with van der Waals surface area (Å²) in [5, 5.41) is 3.33. The molecule has 15 heavy (non-hydrogen) atoms. The number of halogens is 1. The van der Waals surface area contributed by atoms with Gasteiger partial charge in [0, 0.05) is 18.9 Å². The molecule has 0 aromatic carbocycles. The van der Waals surface area contributed by atoms with Gasteiger partial charge >= 0.3 is 0 Å². The third-order valence-corrected chi connectivity index (χ3v) is 2.46. The van der Waals surface area contributed by atoms with Gasteiger partial charge in [0.05, 0.1) is 12.7 Å². The van der Waals surface area contributed by atoms with Crippen molar-refractivity contribution in [2.45, 2.75) is 25.6 Å². The van der Waals surface area contributed by atoms with Gasteiger partial charge in [0.2, 0.25) is 0 Å². The van der Waals surface area contributed by atoms with Crippen molar-refractivity contribution in [3.05, 3.63) is 30.1 Å². The van der Waals surface area contributed by atoms with Gasteiger partial charge in [-0.25, -0.2) is 0 Å². The van der Waals surface area contributed by atoms with Crippen molar-refractivity contribution in [2.24, 2.45) is 0 Å². The standard InChI is InChI=1S/C11H16N2O.ClH/c1-3-10(7-12-5-1)9-14-11-4-2-6-13-8-11;/h1,3,5,7,11,13H,2,4,6,8-9H2;1H/t11-;/m0./s1. The Labute approximate surface area is 96.7 Å². The van der Waals surface area contributed by atoms with E-state index in [1.165, 1.54) is 12.8 Å². The maximum Gasteiger partial charge on any atom is 0.0736 e. The van der Waals surface area contributed by atoms with Gasteiger partial charge in [-0.05, 0) is 31.0 Å². The summed E-state index contributed by atoms with van der Waals surface area (Å²) < 4.78 is 5.77. The molecule has 1 fully saturated rings. The molecule has 1 atom stereocenters. The van der Waals surface area contributed by atoms with E-state index in [4.69, 9.17) is 4.74 Å².